The van der Waals surface area contributed by atoms with Crippen molar-refractivity contribution in [2.75, 3.05) is 33.5 Å². The maximum absolute atomic E-state index is 13.3. The molecule has 3 aromatic rings. The number of esters is 4. The highest BCUT2D eigenvalue weighted by molar-refractivity contribution is 6.28. The van der Waals surface area contributed by atoms with Crippen LogP contribution in [0.3, 0.4) is 0 Å². The molecule has 35 heavy (non-hydrogen) atoms. The van der Waals surface area contributed by atoms with Crippen molar-refractivity contribution in [2.24, 2.45) is 0 Å². The van der Waals surface area contributed by atoms with Crippen molar-refractivity contribution in [3.05, 3.63) is 40.5 Å². The molecule has 0 atom stereocenters. The van der Waals surface area contributed by atoms with Crippen LogP contribution < -0.4 is 4.74 Å². The fraction of sp³-hybridized carbons (Fsp3) is 0.360. The van der Waals surface area contributed by atoms with Crippen LogP contribution in [-0.2, 0) is 18.9 Å². The third-order valence-electron chi connectivity index (χ3n) is 5.17. The number of benzene rings is 2. The molecule has 10 nitrogen and oxygen atoms in total. The van der Waals surface area contributed by atoms with Crippen LogP contribution in [0.5, 0.6) is 5.75 Å². The number of hydrogen-bond acceptors (Lipinski definition) is 9. The van der Waals surface area contributed by atoms with Gasteiger partial charge in [-0.1, -0.05) is 0 Å². The van der Waals surface area contributed by atoms with E-state index < -0.39 is 35.0 Å². The van der Waals surface area contributed by atoms with Gasteiger partial charge in [-0.2, -0.15) is 0 Å². The number of ether oxygens (including phenoxy) is 5. The Hall–Kier alpha value is -4.08. The van der Waals surface area contributed by atoms with Crippen LogP contribution in [0.1, 0.15) is 69.1 Å². The second-order valence-corrected chi connectivity index (χ2v) is 7.17. The minimum absolute atomic E-state index is 0.00262. The molecule has 0 aliphatic rings. The van der Waals surface area contributed by atoms with Gasteiger partial charge in [0.1, 0.15) is 5.75 Å². The zero-order chi connectivity index (χ0) is 25.7. The molecule has 2 aromatic carbocycles. The van der Waals surface area contributed by atoms with Crippen molar-refractivity contribution in [1.29, 1.82) is 0 Å². The summed E-state index contributed by atoms with van der Waals surface area (Å²) in [6.45, 7) is 6.29. The van der Waals surface area contributed by atoms with Gasteiger partial charge in [-0.3, -0.25) is 0 Å². The quantitative estimate of drug-likeness (QED) is 0.352. The summed E-state index contributed by atoms with van der Waals surface area (Å²) >= 11 is 0. The number of carbonyl (C=O) groups is 4. The first-order valence-corrected chi connectivity index (χ1v) is 11.2. The summed E-state index contributed by atoms with van der Waals surface area (Å²) in [7, 11) is 1.48. The molecule has 0 unspecified atom stereocenters. The molecule has 0 bridgehead atoms. The van der Waals surface area contributed by atoms with Crippen molar-refractivity contribution >= 4 is 45.7 Å². The minimum Gasteiger partial charge on any atom is -0.497 e. The molecule has 0 aliphatic heterocycles. The number of carbonyl (C=O) groups excluding carboxylic acids is 4. The van der Waals surface area contributed by atoms with E-state index in [2.05, 4.69) is 4.98 Å². The fourth-order valence-electron chi connectivity index (χ4n) is 3.87. The van der Waals surface area contributed by atoms with E-state index in [4.69, 9.17) is 23.7 Å². The van der Waals surface area contributed by atoms with E-state index >= 15 is 0 Å². The van der Waals surface area contributed by atoms with Gasteiger partial charge in [0.25, 0.3) is 0 Å². The third kappa shape index (κ3) is 4.64. The summed E-state index contributed by atoms with van der Waals surface area (Å²) in [4.78, 5) is 56.0. The van der Waals surface area contributed by atoms with Crippen molar-refractivity contribution in [3.8, 4) is 5.75 Å². The van der Waals surface area contributed by atoms with Crippen molar-refractivity contribution in [1.82, 2.24) is 4.98 Å². The highest BCUT2D eigenvalue weighted by atomic mass is 16.5. The standard InChI is InChI=1S/C25H27NO9/c1-6-32-22(27)17-16-14-12-13(31-5)10-11-15(14)26-21(16)20(25(30)35-9-4)19(24(29)34-8-3)18(17)23(28)33-7-2/h10-12,26H,6-9H2,1-5H3. The van der Waals surface area contributed by atoms with Crippen LogP contribution in [0.2, 0.25) is 0 Å². The van der Waals surface area contributed by atoms with E-state index in [-0.39, 0.29) is 48.5 Å². The average molecular weight is 485 g/mol. The summed E-state index contributed by atoms with van der Waals surface area (Å²) in [5, 5.41) is 0.658. The molecule has 1 aromatic heterocycles. The second-order valence-electron chi connectivity index (χ2n) is 7.17. The molecule has 0 aliphatic carbocycles. The first-order valence-electron chi connectivity index (χ1n) is 11.2. The Morgan fingerprint density at radius 1 is 0.686 bits per heavy atom. The Kier molecular flexibility index (Phi) is 7.95. The molecule has 1 N–H and O–H groups in total. The maximum Gasteiger partial charge on any atom is 0.341 e. The van der Waals surface area contributed by atoms with Gasteiger partial charge in [0.2, 0.25) is 0 Å². The molecular formula is C25H27NO9. The largest absolute Gasteiger partial charge is 0.497 e. The van der Waals surface area contributed by atoms with Crippen LogP contribution in [0.4, 0.5) is 0 Å². The lowest BCUT2D eigenvalue weighted by atomic mass is 9.90. The van der Waals surface area contributed by atoms with Gasteiger partial charge in [-0.05, 0) is 45.9 Å². The van der Waals surface area contributed by atoms with Gasteiger partial charge in [-0.25, -0.2) is 19.2 Å². The predicted octanol–water partition coefficient (Wildman–Crippen LogP) is 4.04. The molecule has 0 radical (unpaired) electrons. The number of hydrogen-bond donors (Lipinski definition) is 1. The van der Waals surface area contributed by atoms with Crippen molar-refractivity contribution in [3.63, 3.8) is 0 Å². The predicted molar refractivity (Wildman–Crippen MR) is 126 cm³/mol. The van der Waals surface area contributed by atoms with Gasteiger partial charge in [0.05, 0.1) is 61.3 Å². The maximum atomic E-state index is 13.3. The van der Waals surface area contributed by atoms with Crippen LogP contribution in [-0.4, -0.2) is 62.4 Å². The van der Waals surface area contributed by atoms with Crippen LogP contribution in [0.15, 0.2) is 18.2 Å². The van der Waals surface area contributed by atoms with E-state index in [1.807, 2.05) is 0 Å². The number of rotatable bonds is 9. The number of aromatic amines is 1. The molecule has 0 saturated carbocycles. The summed E-state index contributed by atoms with van der Waals surface area (Å²) in [5.41, 5.74) is -0.693. The zero-order valence-corrected chi connectivity index (χ0v) is 20.2. The van der Waals surface area contributed by atoms with Crippen LogP contribution >= 0.6 is 0 Å². The smallest absolute Gasteiger partial charge is 0.341 e. The normalized spacial score (nSPS) is 10.8. The van der Waals surface area contributed by atoms with Gasteiger partial charge >= 0.3 is 23.9 Å². The molecule has 3 rings (SSSR count). The van der Waals surface area contributed by atoms with E-state index in [1.54, 1.807) is 45.9 Å². The van der Waals surface area contributed by atoms with Gasteiger partial charge < -0.3 is 28.7 Å². The SMILES string of the molecule is CCOC(=O)c1c(C(=O)OCC)c(C(=O)OCC)c2c([nH]c3ccc(OC)cc32)c1C(=O)OCC. The van der Waals surface area contributed by atoms with E-state index in [1.165, 1.54) is 7.11 Å². The zero-order valence-electron chi connectivity index (χ0n) is 20.2. The molecule has 0 amide bonds. The van der Waals surface area contributed by atoms with Crippen LogP contribution in [0.25, 0.3) is 21.8 Å². The van der Waals surface area contributed by atoms with Crippen molar-refractivity contribution in [2.45, 2.75) is 27.7 Å². The summed E-state index contributed by atoms with van der Waals surface area (Å²) in [6.07, 6.45) is 0. The first-order chi connectivity index (χ1) is 16.8. The lowest BCUT2D eigenvalue weighted by molar-refractivity contribution is 0.0446. The van der Waals surface area contributed by atoms with E-state index in [0.29, 0.717) is 16.7 Å². The Labute approximate surface area is 201 Å². The summed E-state index contributed by atoms with van der Waals surface area (Å²) in [6, 6.07) is 5.02. The van der Waals surface area contributed by atoms with Crippen molar-refractivity contribution < 1.29 is 42.9 Å². The molecule has 10 heteroatoms. The monoisotopic (exact) mass is 485 g/mol. The Morgan fingerprint density at radius 3 is 1.63 bits per heavy atom. The number of fused-ring (bicyclic) bond motifs is 3. The lowest BCUT2D eigenvalue weighted by Crippen LogP contribution is -2.24. The molecule has 1 heterocycles. The highest BCUT2D eigenvalue weighted by Crippen LogP contribution is 2.39. The molecule has 186 valence electrons. The number of nitrogens with one attached hydrogen (secondary N) is 1. The number of H-pyrrole nitrogens is 1. The minimum atomic E-state index is -0.984. The van der Waals surface area contributed by atoms with Gasteiger partial charge in [-0.15, -0.1) is 0 Å². The Morgan fingerprint density at radius 2 is 1.14 bits per heavy atom. The second kappa shape index (κ2) is 10.9. The molecule has 0 saturated heterocycles. The fourth-order valence-corrected chi connectivity index (χ4v) is 3.87. The number of aromatic nitrogens is 1. The van der Waals surface area contributed by atoms with E-state index in [9.17, 15) is 19.2 Å². The average Bonchev–Trinajstić information content (AvgIpc) is 3.21. The highest BCUT2D eigenvalue weighted by Gasteiger charge is 2.37. The van der Waals surface area contributed by atoms with Gasteiger partial charge in [0, 0.05) is 16.3 Å². The summed E-state index contributed by atoms with van der Waals surface area (Å²) < 4.78 is 26.2. The van der Waals surface area contributed by atoms with Gasteiger partial charge in [0.15, 0.2) is 0 Å². The molecule has 0 fully saturated rings. The third-order valence-corrected chi connectivity index (χ3v) is 5.17. The molecular weight excluding hydrogens is 458 g/mol. The topological polar surface area (TPSA) is 130 Å². The molecule has 0 spiro atoms. The van der Waals surface area contributed by atoms with Crippen LogP contribution in [0, 0.1) is 0 Å². The Bertz CT molecular complexity index is 1310. The van der Waals surface area contributed by atoms with E-state index in [0.717, 1.165) is 0 Å². The lowest BCUT2D eigenvalue weighted by Gasteiger charge is -2.18. The first kappa shape index (κ1) is 25.5. The Balaban J connectivity index is 2.67. The summed E-state index contributed by atoms with van der Waals surface area (Å²) in [5.74, 6) is -3.24. The number of methoxy groups -OCH3 is 1.